The van der Waals surface area contributed by atoms with Crippen LogP contribution in [0.2, 0.25) is 0 Å². The number of hydrogen-bond donors (Lipinski definition) is 0. The Hall–Kier alpha value is -2.40. The molecule has 5 heteroatoms. The zero-order valence-corrected chi connectivity index (χ0v) is 15.1. The number of hydrogen-bond acceptors (Lipinski definition) is 3. The van der Waals surface area contributed by atoms with Gasteiger partial charge in [0.15, 0.2) is 0 Å². The Morgan fingerprint density at radius 2 is 2.04 bits per heavy atom. The molecule has 0 fully saturated rings. The van der Waals surface area contributed by atoms with Crippen molar-refractivity contribution < 1.29 is 9.53 Å². The van der Waals surface area contributed by atoms with Crippen LogP contribution in [0.1, 0.15) is 18.1 Å². The number of fused-ring (bicyclic) bond motifs is 1. The Morgan fingerprint density at radius 1 is 1.29 bits per heavy atom. The standard InChI is InChI=1S/C19H17BrN2O2/c1-3-24-18(23)11-16(14-7-5-4-6-8-14)22-12-21-19-15(20)9-13(2)10-17(19)22/h4-12H,3H2,1-2H3/b16-11+. The van der Waals surface area contributed by atoms with E-state index < -0.39 is 0 Å². The first-order chi connectivity index (χ1) is 11.6. The molecule has 0 unspecified atom stereocenters. The molecule has 3 aromatic rings. The van der Waals surface area contributed by atoms with E-state index in [0.717, 1.165) is 32.3 Å². The van der Waals surface area contributed by atoms with Gasteiger partial charge in [0.25, 0.3) is 0 Å². The summed E-state index contributed by atoms with van der Waals surface area (Å²) in [6.07, 6.45) is 3.24. The molecule has 1 heterocycles. The summed E-state index contributed by atoms with van der Waals surface area (Å²) in [6.45, 7) is 4.16. The molecule has 3 rings (SSSR count). The van der Waals surface area contributed by atoms with Gasteiger partial charge in [-0.3, -0.25) is 4.57 Å². The van der Waals surface area contributed by atoms with Crippen molar-refractivity contribution in [3.63, 3.8) is 0 Å². The molecule has 0 aliphatic rings. The van der Waals surface area contributed by atoms with Gasteiger partial charge in [0.2, 0.25) is 0 Å². The van der Waals surface area contributed by atoms with E-state index >= 15 is 0 Å². The lowest BCUT2D eigenvalue weighted by molar-refractivity contribution is -0.137. The minimum Gasteiger partial charge on any atom is -0.463 e. The number of aromatic nitrogens is 2. The second-order valence-electron chi connectivity index (χ2n) is 5.38. The zero-order valence-electron chi connectivity index (χ0n) is 13.5. The van der Waals surface area contributed by atoms with Crippen LogP contribution in [0.25, 0.3) is 16.7 Å². The summed E-state index contributed by atoms with van der Waals surface area (Å²) in [7, 11) is 0. The van der Waals surface area contributed by atoms with Gasteiger partial charge in [0.1, 0.15) is 11.8 Å². The number of ether oxygens (including phenoxy) is 1. The zero-order chi connectivity index (χ0) is 17.1. The van der Waals surface area contributed by atoms with Gasteiger partial charge in [-0.1, -0.05) is 30.3 Å². The molecule has 4 nitrogen and oxygen atoms in total. The lowest BCUT2D eigenvalue weighted by Crippen LogP contribution is -2.05. The van der Waals surface area contributed by atoms with Crippen LogP contribution in [0.5, 0.6) is 0 Å². The summed E-state index contributed by atoms with van der Waals surface area (Å²) in [4.78, 5) is 16.5. The summed E-state index contributed by atoms with van der Waals surface area (Å²) in [6, 6.07) is 13.8. The van der Waals surface area contributed by atoms with Crippen molar-refractivity contribution in [2.45, 2.75) is 13.8 Å². The summed E-state index contributed by atoms with van der Waals surface area (Å²) < 4.78 is 7.94. The van der Waals surface area contributed by atoms with Gasteiger partial charge in [-0.25, -0.2) is 9.78 Å². The lowest BCUT2D eigenvalue weighted by Gasteiger charge is -2.11. The number of carbonyl (C=O) groups excluding carboxylic acids is 1. The number of carbonyl (C=O) groups is 1. The maximum Gasteiger partial charge on any atom is 0.332 e. The van der Waals surface area contributed by atoms with E-state index in [1.165, 1.54) is 6.08 Å². The van der Waals surface area contributed by atoms with E-state index in [4.69, 9.17) is 4.74 Å². The van der Waals surface area contributed by atoms with Gasteiger partial charge in [-0.05, 0) is 53.0 Å². The Bertz CT molecular complexity index is 914. The molecule has 0 aliphatic heterocycles. The maximum absolute atomic E-state index is 12.1. The van der Waals surface area contributed by atoms with Crippen LogP contribution >= 0.6 is 15.9 Å². The van der Waals surface area contributed by atoms with Crippen LogP contribution in [0.4, 0.5) is 0 Å². The van der Waals surface area contributed by atoms with Gasteiger partial charge in [-0.15, -0.1) is 0 Å². The van der Waals surface area contributed by atoms with Gasteiger partial charge in [0, 0.05) is 10.5 Å². The third kappa shape index (κ3) is 3.26. The van der Waals surface area contributed by atoms with E-state index in [0.29, 0.717) is 6.61 Å². The van der Waals surface area contributed by atoms with E-state index in [-0.39, 0.29) is 5.97 Å². The Labute approximate surface area is 148 Å². The molecule has 0 bridgehead atoms. The van der Waals surface area contributed by atoms with Crippen molar-refractivity contribution >= 4 is 38.6 Å². The predicted molar refractivity (Wildman–Crippen MR) is 98.6 cm³/mol. The van der Waals surface area contributed by atoms with E-state index in [1.54, 1.807) is 13.3 Å². The number of halogens is 1. The van der Waals surface area contributed by atoms with Crippen LogP contribution in [-0.2, 0) is 9.53 Å². The average molecular weight is 385 g/mol. The molecule has 0 amide bonds. The third-order valence-electron chi connectivity index (χ3n) is 3.62. The van der Waals surface area contributed by atoms with Crippen molar-refractivity contribution in [2.75, 3.05) is 6.61 Å². The third-order valence-corrected chi connectivity index (χ3v) is 4.22. The highest BCUT2D eigenvalue weighted by atomic mass is 79.9. The molecule has 0 aliphatic carbocycles. The monoisotopic (exact) mass is 384 g/mol. The quantitative estimate of drug-likeness (QED) is 0.489. The number of aryl methyl sites for hydroxylation is 1. The Morgan fingerprint density at radius 3 is 2.75 bits per heavy atom. The largest absolute Gasteiger partial charge is 0.463 e. The molecule has 0 radical (unpaired) electrons. The molecule has 0 spiro atoms. The minimum atomic E-state index is -0.370. The highest BCUT2D eigenvalue weighted by Crippen LogP contribution is 2.28. The van der Waals surface area contributed by atoms with E-state index in [1.807, 2.05) is 47.9 Å². The van der Waals surface area contributed by atoms with Gasteiger partial charge < -0.3 is 4.74 Å². The minimum absolute atomic E-state index is 0.340. The van der Waals surface area contributed by atoms with E-state index in [2.05, 4.69) is 27.0 Å². The fraction of sp³-hybridized carbons (Fsp3) is 0.158. The van der Waals surface area contributed by atoms with Crippen LogP contribution in [0, 0.1) is 6.92 Å². The Balaban J connectivity index is 2.22. The number of imidazole rings is 1. The first-order valence-electron chi connectivity index (χ1n) is 7.67. The van der Waals surface area contributed by atoms with Crippen molar-refractivity contribution in [2.24, 2.45) is 0 Å². The maximum atomic E-state index is 12.1. The molecular weight excluding hydrogens is 368 g/mol. The summed E-state index contributed by atoms with van der Waals surface area (Å²) in [5, 5.41) is 0. The second kappa shape index (κ2) is 7.01. The SMILES string of the molecule is CCOC(=O)/C=C(\c1ccccc1)n1cnc2c(Br)cc(C)cc21. The lowest BCUT2D eigenvalue weighted by atomic mass is 10.1. The molecule has 24 heavy (non-hydrogen) atoms. The van der Waals surface area contributed by atoms with Crippen LogP contribution < -0.4 is 0 Å². The highest BCUT2D eigenvalue weighted by molar-refractivity contribution is 9.10. The van der Waals surface area contributed by atoms with E-state index in [9.17, 15) is 4.79 Å². The normalized spacial score (nSPS) is 11.7. The topological polar surface area (TPSA) is 44.1 Å². The predicted octanol–water partition coefficient (Wildman–Crippen LogP) is 4.56. The molecule has 2 aromatic carbocycles. The van der Waals surface area contributed by atoms with Crippen LogP contribution in [0.15, 0.2) is 59.3 Å². The number of rotatable bonds is 4. The Kier molecular flexibility index (Phi) is 4.81. The van der Waals surface area contributed by atoms with Gasteiger partial charge >= 0.3 is 5.97 Å². The molecular formula is C19H17BrN2O2. The van der Waals surface area contributed by atoms with Gasteiger partial charge in [0.05, 0.1) is 17.8 Å². The first kappa shape index (κ1) is 16.5. The molecule has 0 saturated heterocycles. The summed E-state index contributed by atoms with van der Waals surface area (Å²) in [5.74, 6) is -0.370. The van der Waals surface area contributed by atoms with Gasteiger partial charge in [-0.2, -0.15) is 0 Å². The fourth-order valence-electron chi connectivity index (χ4n) is 2.59. The van der Waals surface area contributed by atoms with Crippen molar-refractivity contribution in [1.82, 2.24) is 9.55 Å². The second-order valence-corrected chi connectivity index (χ2v) is 6.23. The molecule has 1 aromatic heterocycles. The molecule has 122 valence electrons. The van der Waals surface area contributed by atoms with Crippen molar-refractivity contribution in [1.29, 1.82) is 0 Å². The summed E-state index contributed by atoms with van der Waals surface area (Å²) in [5.41, 5.74) is 4.55. The van der Waals surface area contributed by atoms with Crippen LogP contribution in [0.3, 0.4) is 0 Å². The first-order valence-corrected chi connectivity index (χ1v) is 8.47. The molecule has 0 atom stereocenters. The fourth-order valence-corrected chi connectivity index (χ4v) is 3.26. The smallest absolute Gasteiger partial charge is 0.332 e. The number of nitrogens with zero attached hydrogens (tertiary/aromatic N) is 2. The summed E-state index contributed by atoms with van der Waals surface area (Å²) >= 11 is 3.56. The van der Waals surface area contributed by atoms with Crippen molar-refractivity contribution in [3.8, 4) is 0 Å². The number of benzene rings is 2. The average Bonchev–Trinajstić information content (AvgIpc) is 2.97. The molecule has 0 saturated carbocycles. The van der Waals surface area contributed by atoms with Crippen molar-refractivity contribution in [3.05, 3.63) is 70.5 Å². The van der Waals surface area contributed by atoms with Crippen LogP contribution in [-0.4, -0.2) is 22.1 Å². The number of esters is 1. The highest BCUT2D eigenvalue weighted by Gasteiger charge is 2.13. The molecule has 0 N–H and O–H groups in total.